The zero-order chi connectivity index (χ0) is 13.0. The first-order valence-electron chi connectivity index (χ1n) is 6.77. The Hall–Kier alpha value is -1.16. The molecule has 0 aliphatic heterocycles. The van der Waals surface area contributed by atoms with E-state index in [1.165, 1.54) is 12.8 Å². The van der Waals surface area contributed by atoms with E-state index in [2.05, 4.69) is 16.9 Å². The number of aromatic nitrogens is 2. The molecule has 1 aromatic rings. The molecule has 0 bridgehead atoms. The van der Waals surface area contributed by atoms with Crippen molar-refractivity contribution in [3.05, 3.63) is 18.1 Å². The van der Waals surface area contributed by atoms with E-state index in [1.54, 1.807) is 19.5 Å². The van der Waals surface area contributed by atoms with Gasteiger partial charge in [0.05, 0.1) is 7.11 Å². The van der Waals surface area contributed by atoms with Crippen molar-refractivity contribution in [1.82, 2.24) is 9.97 Å². The number of methoxy groups -OCH3 is 1. The molecule has 1 aliphatic carbocycles. The molecule has 1 N–H and O–H groups in total. The molecular formula is C14H22N2O2. The molecule has 1 aromatic heterocycles. The highest BCUT2D eigenvalue weighted by Gasteiger charge is 2.38. The van der Waals surface area contributed by atoms with Crippen LogP contribution in [0.2, 0.25) is 0 Å². The number of hydrogen-bond donors (Lipinski definition) is 1. The van der Waals surface area contributed by atoms with Crippen molar-refractivity contribution in [1.29, 1.82) is 0 Å². The van der Waals surface area contributed by atoms with Crippen molar-refractivity contribution in [3.63, 3.8) is 0 Å². The summed E-state index contributed by atoms with van der Waals surface area (Å²) in [6.07, 6.45) is 9.32. The normalized spacial score (nSPS) is 28.1. The Balaban J connectivity index is 2.13. The third-order valence-corrected chi connectivity index (χ3v) is 3.93. The summed E-state index contributed by atoms with van der Waals surface area (Å²) >= 11 is 0. The third-order valence-electron chi connectivity index (χ3n) is 3.93. The minimum absolute atomic E-state index is 0.453. The van der Waals surface area contributed by atoms with Crippen LogP contribution in [0.4, 0.5) is 0 Å². The number of aliphatic hydroxyl groups is 1. The van der Waals surface area contributed by atoms with Crippen LogP contribution in [0.15, 0.2) is 12.4 Å². The van der Waals surface area contributed by atoms with E-state index in [-0.39, 0.29) is 0 Å². The summed E-state index contributed by atoms with van der Waals surface area (Å²) in [6, 6.07) is 0. The predicted molar refractivity (Wildman–Crippen MR) is 69.3 cm³/mol. The van der Waals surface area contributed by atoms with E-state index in [0.29, 0.717) is 11.6 Å². The predicted octanol–water partition coefficient (Wildman–Crippen LogP) is 2.66. The lowest BCUT2D eigenvalue weighted by Gasteiger charge is -2.35. The Bertz CT molecular complexity index is 387. The van der Waals surface area contributed by atoms with Gasteiger partial charge in [0.2, 0.25) is 5.88 Å². The maximum atomic E-state index is 10.8. The van der Waals surface area contributed by atoms with Crippen LogP contribution >= 0.6 is 0 Å². The number of rotatable bonds is 4. The number of nitrogens with zero attached hydrogens (tertiary/aromatic N) is 2. The lowest BCUT2D eigenvalue weighted by Crippen LogP contribution is -2.33. The van der Waals surface area contributed by atoms with Gasteiger partial charge in [-0.05, 0) is 31.6 Å². The van der Waals surface area contributed by atoms with Crippen LogP contribution in [0.1, 0.15) is 51.1 Å². The van der Waals surface area contributed by atoms with Gasteiger partial charge in [-0.2, -0.15) is 0 Å². The molecule has 0 aromatic carbocycles. The van der Waals surface area contributed by atoms with E-state index in [1.807, 2.05) is 0 Å². The molecule has 0 atom stereocenters. The van der Waals surface area contributed by atoms with Crippen molar-refractivity contribution in [3.8, 4) is 5.88 Å². The highest BCUT2D eigenvalue weighted by Crippen LogP contribution is 2.42. The third kappa shape index (κ3) is 2.64. The molecule has 0 unspecified atom stereocenters. The molecule has 0 amide bonds. The van der Waals surface area contributed by atoms with E-state index in [9.17, 15) is 5.11 Å². The van der Waals surface area contributed by atoms with Crippen LogP contribution < -0.4 is 4.74 Å². The smallest absolute Gasteiger partial charge is 0.238 e. The van der Waals surface area contributed by atoms with Crippen LogP contribution in [0, 0.1) is 5.92 Å². The second kappa shape index (κ2) is 5.65. The average Bonchev–Trinajstić information content (AvgIpc) is 2.42. The van der Waals surface area contributed by atoms with E-state index in [4.69, 9.17) is 4.74 Å². The van der Waals surface area contributed by atoms with Crippen molar-refractivity contribution in [2.24, 2.45) is 5.92 Å². The lowest BCUT2D eigenvalue weighted by atomic mass is 9.75. The van der Waals surface area contributed by atoms with Crippen LogP contribution in [-0.4, -0.2) is 22.2 Å². The molecule has 4 heteroatoms. The highest BCUT2D eigenvalue weighted by molar-refractivity contribution is 5.24. The van der Waals surface area contributed by atoms with Crippen LogP contribution in [-0.2, 0) is 5.60 Å². The molecule has 1 heterocycles. The Morgan fingerprint density at radius 1 is 1.33 bits per heavy atom. The summed E-state index contributed by atoms with van der Waals surface area (Å²) in [5.74, 6) is 1.20. The topological polar surface area (TPSA) is 55.2 Å². The molecule has 18 heavy (non-hydrogen) atoms. The summed E-state index contributed by atoms with van der Waals surface area (Å²) in [7, 11) is 1.57. The van der Waals surface area contributed by atoms with Crippen LogP contribution in [0.25, 0.3) is 0 Å². The maximum Gasteiger partial charge on any atom is 0.238 e. The van der Waals surface area contributed by atoms with Crippen molar-refractivity contribution < 1.29 is 9.84 Å². The van der Waals surface area contributed by atoms with Crippen molar-refractivity contribution in [2.75, 3.05) is 7.11 Å². The zero-order valence-corrected chi connectivity index (χ0v) is 11.2. The van der Waals surface area contributed by atoms with Gasteiger partial charge in [-0.1, -0.05) is 19.8 Å². The molecule has 1 saturated carbocycles. The fraction of sp³-hybridized carbons (Fsp3) is 0.714. The molecule has 100 valence electrons. The van der Waals surface area contributed by atoms with Gasteiger partial charge in [-0.3, -0.25) is 4.98 Å². The molecule has 2 rings (SSSR count). The molecule has 1 aliphatic rings. The van der Waals surface area contributed by atoms with Gasteiger partial charge < -0.3 is 9.84 Å². The van der Waals surface area contributed by atoms with Crippen LogP contribution in [0.3, 0.4) is 0 Å². The Labute approximate surface area is 108 Å². The lowest BCUT2D eigenvalue weighted by molar-refractivity contribution is -0.0213. The van der Waals surface area contributed by atoms with Gasteiger partial charge in [-0.15, -0.1) is 0 Å². The van der Waals surface area contributed by atoms with E-state index >= 15 is 0 Å². The zero-order valence-electron chi connectivity index (χ0n) is 11.2. The number of hydrogen-bond acceptors (Lipinski definition) is 4. The molecule has 0 radical (unpaired) electrons. The summed E-state index contributed by atoms with van der Waals surface area (Å²) < 4.78 is 5.20. The molecule has 4 nitrogen and oxygen atoms in total. The van der Waals surface area contributed by atoms with Gasteiger partial charge in [0.25, 0.3) is 0 Å². The SMILES string of the molecule is CCCC1CCC(O)(c2nccnc2OC)CC1. The maximum absolute atomic E-state index is 10.8. The minimum Gasteiger partial charge on any atom is -0.480 e. The van der Waals surface area contributed by atoms with E-state index in [0.717, 1.165) is 31.6 Å². The first-order chi connectivity index (χ1) is 8.69. The Morgan fingerprint density at radius 2 is 2.00 bits per heavy atom. The quantitative estimate of drug-likeness (QED) is 0.892. The molecular weight excluding hydrogens is 228 g/mol. The monoisotopic (exact) mass is 250 g/mol. The largest absolute Gasteiger partial charge is 0.480 e. The van der Waals surface area contributed by atoms with Gasteiger partial charge in [-0.25, -0.2) is 4.98 Å². The van der Waals surface area contributed by atoms with Gasteiger partial charge in [0.15, 0.2) is 0 Å². The Kier molecular flexibility index (Phi) is 4.17. The summed E-state index contributed by atoms with van der Waals surface area (Å²) in [4.78, 5) is 8.41. The standard InChI is InChI=1S/C14H22N2O2/c1-3-4-11-5-7-14(17,8-6-11)12-13(18-2)16-10-9-15-12/h9-11,17H,3-8H2,1-2H3. The molecule has 1 fully saturated rings. The highest BCUT2D eigenvalue weighted by atomic mass is 16.5. The Morgan fingerprint density at radius 3 is 2.61 bits per heavy atom. The van der Waals surface area contributed by atoms with Gasteiger partial charge in [0.1, 0.15) is 11.3 Å². The van der Waals surface area contributed by atoms with Crippen molar-refractivity contribution in [2.45, 2.75) is 51.0 Å². The fourth-order valence-electron chi connectivity index (χ4n) is 2.88. The minimum atomic E-state index is -0.857. The van der Waals surface area contributed by atoms with Gasteiger partial charge >= 0.3 is 0 Å². The second-order valence-corrected chi connectivity index (χ2v) is 5.18. The molecule has 0 saturated heterocycles. The second-order valence-electron chi connectivity index (χ2n) is 5.18. The number of ether oxygens (including phenoxy) is 1. The van der Waals surface area contributed by atoms with Crippen LogP contribution in [0.5, 0.6) is 5.88 Å². The van der Waals surface area contributed by atoms with Gasteiger partial charge in [0, 0.05) is 12.4 Å². The summed E-state index contributed by atoms with van der Waals surface area (Å²) in [5, 5.41) is 10.8. The average molecular weight is 250 g/mol. The summed E-state index contributed by atoms with van der Waals surface area (Å²) in [6.45, 7) is 2.21. The first-order valence-corrected chi connectivity index (χ1v) is 6.77. The van der Waals surface area contributed by atoms with E-state index < -0.39 is 5.60 Å². The van der Waals surface area contributed by atoms with Crippen molar-refractivity contribution >= 4 is 0 Å². The fourth-order valence-corrected chi connectivity index (χ4v) is 2.88. The summed E-state index contributed by atoms with van der Waals surface area (Å²) in [5.41, 5.74) is -0.258. The molecule has 0 spiro atoms. The first kappa shape index (κ1) is 13.3.